The van der Waals surface area contributed by atoms with E-state index in [1.54, 1.807) is 18.4 Å². The van der Waals surface area contributed by atoms with Crippen LogP contribution in [0.25, 0.3) is 0 Å². The lowest BCUT2D eigenvalue weighted by molar-refractivity contribution is 0.179. The lowest BCUT2D eigenvalue weighted by Gasteiger charge is -2.27. The molecule has 1 N–H and O–H groups in total. The van der Waals surface area contributed by atoms with Crippen molar-refractivity contribution in [3.05, 3.63) is 10.6 Å². The number of methoxy groups -OCH3 is 1. The molecule has 5 heteroatoms. The molecule has 0 radical (unpaired) electrons. The quantitative estimate of drug-likeness (QED) is 0.892. The summed E-state index contributed by atoms with van der Waals surface area (Å²) in [6.07, 6.45) is 2.47. The summed E-state index contributed by atoms with van der Waals surface area (Å²) in [4.78, 5) is 7.97. The highest BCUT2D eigenvalue weighted by Crippen LogP contribution is 2.34. The van der Waals surface area contributed by atoms with Gasteiger partial charge in [0.25, 0.3) is 0 Å². The summed E-state index contributed by atoms with van der Waals surface area (Å²) in [5.74, 6) is 0.639. The average Bonchev–Trinajstić information content (AvgIpc) is 2.94. The Balaban J connectivity index is 2.22. The molecular weight excluding hydrogens is 248 g/mol. The molecule has 0 amide bonds. The number of ether oxygens (including phenoxy) is 1. The summed E-state index contributed by atoms with van der Waals surface area (Å²) in [5, 5.41) is 10.4. The van der Waals surface area contributed by atoms with Crippen molar-refractivity contribution in [3.63, 3.8) is 0 Å². The van der Waals surface area contributed by atoms with Gasteiger partial charge in [0, 0.05) is 19.7 Å². The maximum Gasteiger partial charge on any atom is 0.186 e. The summed E-state index contributed by atoms with van der Waals surface area (Å²) >= 11 is 1.60. The van der Waals surface area contributed by atoms with Crippen molar-refractivity contribution >= 4 is 16.5 Å². The number of nitrogens with zero attached hydrogens (tertiary/aromatic N) is 2. The Morgan fingerprint density at radius 1 is 1.56 bits per heavy atom. The molecule has 1 aliphatic rings. The van der Waals surface area contributed by atoms with Crippen molar-refractivity contribution in [3.8, 4) is 0 Å². The maximum atomic E-state index is 9.37. The predicted molar refractivity (Wildman–Crippen MR) is 74.0 cm³/mol. The number of anilines is 1. The summed E-state index contributed by atoms with van der Waals surface area (Å²) in [6, 6.07) is 0.582. The third-order valence-corrected chi connectivity index (χ3v) is 4.63. The van der Waals surface area contributed by atoms with Crippen LogP contribution in [0.2, 0.25) is 0 Å². The van der Waals surface area contributed by atoms with Crippen LogP contribution in [0.1, 0.15) is 37.3 Å². The first kappa shape index (κ1) is 13.8. The topological polar surface area (TPSA) is 45.6 Å². The van der Waals surface area contributed by atoms with E-state index in [1.807, 2.05) is 0 Å². The minimum Gasteiger partial charge on any atom is -0.391 e. The molecule has 1 aromatic rings. The van der Waals surface area contributed by atoms with Gasteiger partial charge in [0.05, 0.1) is 23.8 Å². The largest absolute Gasteiger partial charge is 0.391 e. The summed E-state index contributed by atoms with van der Waals surface area (Å²) in [7, 11) is 1.66. The van der Waals surface area contributed by atoms with Gasteiger partial charge >= 0.3 is 0 Å². The monoisotopic (exact) mass is 270 g/mol. The second-order valence-corrected chi connectivity index (χ2v) is 6.17. The molecule has 1 saturated heterocycles. The van der Waals surface area contributed by atoms with Gasteiger partial charge in [-0.15, -0.1) is 0 Å². The SMILES string of the molecule is COCc1nc(N2CCCC2C(C)C)sc1CO. The van der Waals surface area contributed by atoms with Crippen LogP contribution in [-0.2, 0) is 18.0 Å². The van der Waals surface area contributed by atoms with E-state index >= 15 is 0 Å². The highest BCUT2D eigenvalue weighted by Gasteiger charge is 2.29. The highest BCUT2D eigenvalue weighted by atomic mass is 32.1. The van der Waals surface area contributed by atoms with Gasteiger partial charge in [-0.3, -0.25) is 0 Å². The number of aromatic nitrogens is 1. The first-order chi connectivity index (χ1) is 8.67. The fourth-order valence-electron chi connectivity index (χ4n) is 2.59. The molecule has 0 aromatic carbocycles. The molecule has 1 aromatic heterocycles. The second-order valence-electron chi connectivity index (χ2n) is 5.10. The number of hydrogen-bond acceptors (Lipinski definition) is 5. The van der Waals surface area contributed by atoms with Crippen LogP contribution in [0.3, 0.4) is 0 Å². The summed E-state index contributed by atoms with van der Waals surface area (Å²) in [6.45, 7) is 6.13. The van der Waals surface area contributed by atoms with Gasteiger partial charge in [-0.25, -0.2) is 4.98 Å². The van der Waals surface area contributed by atoms with Gasteiger partial charge in [-0.1, -0.05) is 25.2 Å². The Bertz CT molecular complexity index is 392. The van der Waals surface area contributed by atoms with Crippen molar-refractivity contribution in [2.45, 2.75) is 45.9 Å². The smallest absolute Gasteiger partial charge is 0.186 e. The normalized spacial score (nSPS) is 20.1. The number of hydrogen-bond donors (Lipinski definition) is 1. The molecular formula is C13H22N2O2S. The van der Waals surface area contributed by atoms with Crippen LogP contribution < -0.4 is 4.90 Å². The molecule has 0 spiro atoms. The van der Waals surface area contributed by atoms with Gasteiger partial charge in [0.15, 0.2) is 5.13 Å². The lowest BCUT2D eigenvalue weighted by Crippen LogP contribution is -2.33. The molecule has 0 aliphatic carbocycles. The van der Waals surface area contributed by atoms with Crippen LogP contribution in [0.4, 0.5) is 5.13 Å². The van der Waals surface area contributed by atoms with Gasteiger partial charge in [0.2, 0.25) is 0 Å². The molecule has 1 aliphatic heterocycles. The Labute approximate surface area is 113 Å². The average molecular weight is 270 g/mol. The molecule has 0 saturated carbocycles. The minimum atomic E-state index is 0.0521. The van der Waals surface area contributed by atoms with Crippen LogP contribution in [0.15, 0.2) is 0 Å². The van der Waals surface area contributed by atoms with Crippen molar-refractivity contribution in [1.29, 1.82) is 0 Å². The van der Waals surface area contributed by atoms with E-state index in [0.29, 0.717) is 18.6 Å². The van der Waals surface area contributed by atoms with Crippen LogP contribution in [0, 0.1) is 5.92 Å². The number of aliphatic hydroxyl groups excluding tert-OH is 1. The Kier molecular flexibility index (Phi) is 4.59. The van der Waals surface area contributed by atoms with Gasteiger partial charge in [-0.2, -0.15) is 0 Å². The zero-order chi connectivity index (χ0) is 13.1. The van der Waals surface area contributed by atoms with Crippen LogP contribution >= 0.6 is 11.3 Å². The molecule has 18 heavy (non-hydrogen) atoms. The molecule has 0 bridgehead atoms. The van der Waals surface area contributed by atoms with E-state index in [0.717, 1.165) is 22.2 Å². The van der Waals surface area contributed by atoms with Gasteiger partial charge in [0.1, 0.15) is 0 Å². The zero-order valence-electron chi connectivity index (χ0n) is 11.3. The molecule has 2 heterocycles. The van der Waals surface area contributed by atoms with Crippen molar-refractivity contribution < 1.29 is 9.84 Å². The predicted octanol–water partition coefficient (Wildman–Crippen LogP) is 2.41. The standard InChI is InChI=1S/C13H22N2O2S/c1-9(2)11-5-4-6-15(11)13-14-10(8-17-3)12(7-16)18-13/h9,11,16H,4-8H2,1-3H3. The van der Waals surface area contributed by atoms with E-state index < -0.39 is 0 Å². The van der Waals surface area contributed by atoms with E-state index in [2.05, 4.69) is 23.7 Å². The Morgan fingerprint density at radius 2 is 2.33 bits per heavy atom. The molecule has 1 unspecified atom stereocenters. The van der Waals surface area contributed by atoms with E-state index in [1.165, 1.54) is 12.8 Å². The van der Waals surface area contributed by atoms with Crippen molar-refractivity contribution in [1.82, 2.24) is 4.98 Å². The second kappa shape index (κ2) is 5.99. The van der Waals surface area contributed by atoms with E-state index in [9.17, 15) is 5.11 Å². The van der Waals surface area contributed by atoms with E-state index in [-0.39, 0.29) is 6.61 Å². The molecule has 2 rings (SSSR count). The van der Waals surface area contributed by atoms with Crippen LogP contribution in [-0.4, -0.2) is 29.8 Å². The van der Waals surface area contributed by atoms with Gasteiger partial charge in [-0.05, 0) is 18.8 Å². The fraction of sp³-hybridized carbons (Fsp3) is 0.769. The van der Waals surface area contributed by atoms with Crippen LogP contribution in [0.5, 0.6) is 0 Å². The Hall–Kier alpha value is -0.650. The minimum absolute atomic E-state index is 0.0521. The molecule has 1 atom stereocenters. The number of rotatable bonds is 5. The summed E-state index contributed by atoms with van der Waals surface area (Å²) < 4.78 is 5.14. The third-order valence-electron chi connectivity index (χ3n) is 3.51. The summed E-state index contributed by atoms with van der Waals surface area (Å²) in [5.41, 5.74) is 0.884. The highest BCUT2D eigenvalue weighted by molar-refractivity contribution is 7.15. The first-order valence-corrected chi connectivity index (χ1v) is 7.34. The third kappa shape index (κ3) is 2.68. The van der Waals surface area contributed by atoms with Gasteiger partial charge < -0.3 is 14.7 Å². The fourth-order valence-corrected chi connectivity index (χ4v) is 3.60. The molecule has 1 fully saturated rings. The van der Waals surface area contributed by atoms with Crippen molar-refractivity contribution in [2.24, 2.45) is 5.92 Å². The number of thiazole rings is 1. The zero-order valence-corrected chi connectivity index (χ0v) is 12.2. The maximum absolute atomic E-state index is 9.37. The lowest BCUT2D eigenvalue weighted by atomic mass is 10.0. The first-order valence-electron chi connectivity index (χ1n) is 6.52. The number of aliphatic hydroxyl groups is 1. The van der Waals surface area contributed by atoms with Crippen molar-refractivity contribution in [2.75, 3.05) is 18.6 Å². The molecule has 4 nitrogen and oxygen atoms in total. The molecule has 102 valence electrons. The van der Waals surface area contributed by atoms with E-state index in [4.69, 9.17) is 4.74 Å². The Morgan fingerprint density at radius 3 is 2.94 bits per heavy atom.